The predicted molar refractivity (Wildman–Crippen MR) is 105 cm³/mol. The maximum Gasteiger partial charge on any atom is 0.168 e. The van der Waals surface area contributed by atoms with Gasteiger partial charge in [0.15, 0.2) is 17.3 Å². The van der Waals surface area contributed by atoms with Crippen molar-refractivity contribution in [2.75, 3.05) is 25.1 Å². The fraction of sp³-hybridized carbons (Fsp3) is 0.333. The van der Waals surface area contributed by atoms with E-state index in [1.807, 2.05) is 30.3 Å². The quantitative estimate of drug-likeness (QED) is 0.765. The summed E-state index contributed by atoms with van der Waals surface area (Å²) in [5, 5.41) is 11.6. The van der Waals surface area contributed by atoms with Gasteiger partial charge >= 0.3 is 0 Å². The Labute approximate surface area is 158 Å². The lowest BCUT2D eigenvalue weighted by molar-refractivity contribution is -0.00536. The molecule has 140 valence electrons. The first kappa shape index (κ1) is 17.5. The molecule has 6 heteroatoms. The summed E-state index contributed by atoms with van der Waals surface area (Å²) in [4.78, 5) is 11.8. The highest BCUT2D eigenvalue weighted by molar-refractivity contribution is 5.91. The van der Waals surface area contributed by atoms with Crippen LogP contribution in [0.1, 0.15) is 13.8 Å². The van der Waals surface area contributed by atoms with Gasteiger partial charge in [0.25, 0.3) is 0 Å². The average molecular weight is 365 g/mol. The van der Waals surface area contributed by atoms with Crippen molar-refractivity contribution in [3.05, 3.63) is 42.5 Å². The van der Waals surface area contributed by atoms with Crippen molar-refractivity contribution in [2.45, 2.75) is 26.1 Å². The number of hydrogen-bond donors (Lipinski definition) is 1. The molecule has 0 radical (unpaired) electrons. The summed E-state index contributed by atoms with van der Waals surface area (Å²) >= 11 is 0. The van der Waals surface area contributed by atoms with Gasteiger partial charge in [0, 0.05) is 18.5 Å². The molecular formula is C21H23N3O3. The Balaban J connectivity index is 1.89. The fourth-order valence-corrected chi connectivity index (χ4v) is 3.64. The van der Waals surface area contributed by atoms with E-state index in [1.54, 1.807) is 12.1 Å². The van der Waals surface area contributed by atoms with E-state index < -0.39 is 0 Å². The number of rotatable bonds is 3. The lowest BCUT2D eigenvalue weighted by Crippen LogP contribution is -2.46. The molecule has 2 aromatic carbocycles. The molecule has 6 nitrogen and oxygen atoms in total. The van der Waals surface area contributed by atoms with Crippen LogP contribution in [0.4, 0.5) is 5.82 Å². The zero-order valence-corrected chi connectivity index (χ0v) is 15.7. The molecule has 1 fully saturated rings. The molecule has 0 spiro atoms. The standard InChI is InChI=1S/C21H23N3O3/c1-13-11-24(12-14(2)27-13)21-15-7-4-5-9-17(15)22-20(23-21)16-8-6-10-18(26-3)19(16)25/h4-10,13-14,25H,11-12H2,1-3H3. The van der Waals surface area contributed by atoms with Crippen LogP contribution in [-0.2, 0) is 4.74 Å². The minimum absolute atomic E-state index is 0.0462. The van der Waals surface area contributed by atoms with Crippen molar-refractivity contribution in [3.8, 4) is 22.9 Å². The van der Waals surface area contributed by atoms with Crippen molar-refractivity contribution in [3.63, 3.8) is 0 Å². The minimum atomic E-state index is 0.0462. The third-order valence-corrected chi connectivity index (χ3v) is 4.76. The Morgan fingerprint density at radius 3 is 2.52 bits per heavy atom. The van der Waals surface area contributed by atoms with Crippen molar-refractivity contribution < 1.29 is 14.6 Å². The third-order valence-electron chi connectivity index (χ3n) is 4.76. The third kappa shape index (κ3) is 3.28. The molecule has 0 aliphatic carbocycles. The monoisotopic (exact) mass is 365 g/mol. The molecule has 27 heavy (non-hydrogen) atoms. The maximum atomic E-state index is 10.6. The number of morpholine rings is 1. The molecular weight excluding hydrogens is 342 g/mol. The van der Waals surface area contributed by atoms with E-state index in [0.29, 0.717) is 17.1 Å². The molecule has 1 aliphatic rings. The van der Waals surface area contributed by atoms with E-state index in [-0.39, 0.29) is 18.0 Å². The Hall–Kier alpha value is -2.86. The van der Waals surface area contributed by atoms with E-state index in [4.69, 9.17) is 19.4 Å². The van der Waals surface area contributed by atoms with Crippen LogP contribution in [0.5, 0.6) is 11.5 Å². The number of phenols is 1. The number of nitrogens with zero attached hydrogens (tertiary/aromatic N) is 3. The molecule has 3 aromatic rings. The summed E-state index contributed by atoms with van der Waals surface area (Å²) in [6.45, 7) is 5.66. The highest BCUT2D eigenvalue weighted by Gasteiger charge is 2.26. The van der Waals surface area contributed by atoms with E-state index in [0.717, 1.165) is 29.8 Å². The smallest absolute Gasteiger partial charge is 0.168 e. The second-order valence-corrected chi connectivity index (χ2v) is 6.91. The van der Waals surface area contributed by atoms with Crippen molar-refractivity contribution in [1.29, 1.82) is 0 Å². The zero-order chi connectivity index (χ0) is 19.0. The Morgan fingerprint density at radius 2 is 1.78 bits per heavy atom. The molecule has 2 unspecified atom stereocenters. The number of hydrogen-bond acceptors (Lipinski definition) is 6. The molecule has 2 atom stereocenters. The number of aromatic hydroxyl groups is 1. The van der Waals surface area contributed by atoms with E-state index >= 15 is 0 Å². The van der Waals surface area contributed by atoms with Gasteiger partial charge in [-0.1, -0.05) is 18.2 Å². The van der Waals surface area contributed by atoms with Crippen molar-refractivity contribution >= 4 is 16.7 Å². The maximum absolute atomic E-state index is 10.6. The van der Waals surface area contributed by atoms with E-state index in [2.05, 4.69) is 18.7 Å². The summed E-state index contributed by atoms with van der Waals surface area (Å²) in [5.74, 6) is 1.79. The molecule has 1 saturated heterocycles. The highest BCUT2D eigenvalue weighted by Crippen LogP contribution is 2.37. The zero-order valence-electron chi connectivity index (χ0n) is 15.7. The summed E-state index contributed by atoms with van der Waals surface area (Å²) in [6.07, 6.45) is 0.243. The minimum Gasteiger partial charge on any atom is -0.504 e. The molecule has 1 N–H and O–H groups in total. The van der Waals surface area contributed by atoms with Crippen LogP contribution >= 0.6 is 0 Å². The molecule has 0 saturated carbocycles. The number of aromatic nitrogens is 2. The molecule has 2 heterocycles. The Morgan fingerprint density at radius 1 is 1.04 bits per heavy atom. The molecule has 1 aliphatic heterocycles. The van der Waals surface area contributed by atoms with Crippen molar-refractivity contribution in [2.24, 2.45) is 0 Å². The second kappa shape index (κ2) is 7.04. The highest BCUT2D eigenvalue weighted by atomic mass is 16.5. The normalized spacial score (nSPS) is 20.0. The largest absolute Gasteiger partial charge is 0.504 e. The fourth-order valence-electron chi connectivity index (χ4n) is 3.64. The van der Waals surface area contributed by atoms with Gasteiger partial charge in [-0.05, 0) is 38.1 Å². The first-order valence-electron chi connectivity index (χ1n) is 9.10. The van der Waals surface area contributed by atoms with Crippen LogP contribution < -0.4 is 9.64 Å². The number of anilines is 1. The van der Waals surface area contributed by atoms with E-state index in [9.17, 15) is 5.11 Å². The van der Waals surface area contributed by atoms with Gasteiger partial charge in [-0.25, -0.2) is 9.97 Å². The molecule has 0 bridgehead atoms. The van der Waals surface area contributed by atoms with Crippen LogP contribution in [0.3, 0.4) is 0 Å². The Kier molecular flexibility index (Phi) is 4.58. The van der Waals surface area contributed by atoms with E-state index in [1.165, 1.54) is 7.11 Å². The summed E-state index contributed by atoms with van der Waals surface area (Å²) in [7, 11) is 1.53. The van der Waals surface area contributed by atoms with Gasteiger partial charge in [-0.15, -0.1) is 0 Å². The van der Waals surface area contributed by atoms with Gasteiger partial charge in [-0.3, -0.25) is 0 Å². The molecule has 4 rings (SSSR count). The van der Waals surface area contributed by atoms with Gasteiger partial charge in [0.1, 0.15) is 5.82 Å². The Bertz CT molecular complexity index is 966. The number of para-hydroxylation sites is 2. The number of benzene rings is 2. The summed E-state index contributed by atoms with van der Waals surface area (Å²) < 4.78 is 11.1. The topological polar surface area (TPSA) is 67.7 Å². The van der Waals surface area contributed by atoms with Gasteiger partial charge < -0.3 is 19.5 Å². The second-order valence-electron chi connectivity index (χ2n) is 6.91. The van der Waals surface area contributed by atoms with Crippen LogP contribution in [0.2, 0.25) is 0 Å². The van der Waals surface area contributed by atoms with Gasteiger partial charge in [0.2, 0.25) is 0 Å². The lowest BCUT2D eigenvalue weighted by Gasteiger charge is -2.36. The summed E-state index contributed by atoms with van der Waals surface area (Å²) in [6, 6.07) is 13.3. The number of methoxy groups -OCH3 is 1. The number of phenolic OH excluding ortho intramolecular Hbond substituents is 1. The summed E-state index contributed by atoms with van der Waals surface area (Å²) in [5.41, 5.74) is 1.39. The predicted octanol–water partition coefficient (Wildman–Crippen LogP) is 3.62. The van der Waals surface area contributed by atoms with Gasteiger partial charge in [-0.2, -0.15) is 0 Å². The van der Waals surface area contributed by atoms with Gasteiger partial charge in [0.05, 0.1) is 30.4 Å². The number of fused-ring (bicyclic) bond motifs is 1. The first-order chi connectivity index (χ1) is 13.1. The number of ether oxygens (including phenoxy) is 2. The first-order valence-corrected chi connectivity index (χ1v) is 9.10. The average Bonchev–Trinajstić information content (AvgIpc) is 2.66. The molecule has 1 aromatic heterocycles. The SMILES string of the molecule is COc1cccc(-c2nc(N3CC(C)OC(C)C3)c3ccccc3n2)c1O. The van der Waals surface area contributed by atoms with Crippen molar-refractivity contribution in [1.82, 2.24) is 9.97 Å². The van der Waals surface area contributed by atoms with Crippen LogP contribution in [-0.4, -0.2) is 47.5 Å². The molecule has 0 amide bonds. The van der Waals surface area contributed by atoms with Crippen LogP contribution in [0.25, 0.3) is 22.3 Å². The van der Waals surface area contributed by atoms with Crippen LogP contribution in [0.15, 0.2) is 42.5 Å². The van der Waals surface area contributed by atoms with Crippen LogP contribution in [0, 0.1) is 0 Å². The lowest BCUT2D eigenvalue weighted by atomic mass is 10.1.